The Hall–Kier alpha value is -3.15. The van der Waals surface area contributed by atoms with Gasteiger partial charge in [0.15, 0.2) is 0 Å². The number of nitrogens with one attached hydrogen (secondary N) is 1. The molecule has 0 bridgehead atoms. The lowest BCUT2D eigenvalue weighted by molar-refractivity contribution is -0.117. The second-order valence-corrected chi connectivity index (χ2v) is 6.04. The van der Waals surface area contributed by atoms with Crippen molar-refractivity contribution < 1.29 is 19.1 Å². The van der Waals surface area contributed by atoms with Crippen LogP contribution in [0.2, 0.25) is 0 Å². The summed E-state index contributed by atoms with van der Waals surface area (Å²) in [6.07, 6.45) is 1.32. The van der Waals surface area contributed by atoms with Crippen LogP contribution in [0.1, 0.15) is 39.1 Å². The Labute approximate surface area is 151 Å². The lowest BCUT2D eigenvalue weighted by Gasteiger charge is -2.19. The molecule has 1 aliphatic heterocycles. The SMILES string of the molecule is COC(=O)c1ccc(CNC(=O)c2ccccc2N2CCCC2=O)cc1. The number of anilines is 1. The smallest absolute Gasteiger partial charge is 0.337 e. The van der Waals surface area contributed by atoms with Crippen LogP contribution >= 0.6 is 0 Å². The van der Waals surface area contributed by atoms with E-state index in [2.05, 4.69) is 10.1 Å². The fourth-order valence-electron chi connectivity index (χ4n) is 2.96. The van der Waals surface area contributed by atoms with Gasteiger partial charge in [-0.05, 0) is 36.2 Å². The Bertz CT molecular complexity index is 830. The van der Waals surface area contributed by atoms with Gasteiger partial charge in [-0.2, -0.15) is 0 Å². The van der Waals surface area contributed by atoms with Gasteiger partial charge in [0.1, 0.15) is 0 Å². The molecule has 134 valence electrons. The number of ether oxygens (including phenoxy) is 1. The van der Waals surface area contributed by atoms with E-state index in [9.17, 15) is 14.4 Å². The third kappa shape index (κ3) is 3.74. The highest BCUT2D eigenvalue weighted by atomic mass is 16.5. The molecule has 2 aromatic carbocycles. The third-order valence-electron chi connectivity index (χ3n) is 4.34. The topological polar surface area (TPSA) is 75.7 Å². The first-order valence-corrected chi connectivity index (χ1v) is 8.45. The van der Waals surface area contributed by atoms with Gasteiger partial charge in [-0.15, -0.1) is 0 Å². The zero-order chi connectivity index (χ0) is 18.5. The Morgan fingerprint density at radius 3 is 2.50 bits per heavy atom. The standard InChI is InChI=1S/C20H20N2O4/c1-26-20(25)15-10-8-14(9-11-15)13-21-19(24)16-5-2-3-6-17(16)22-12-4-7-18(22)23/h2-3,5-6,8-11H,4,7,12-13H2,1H3,(H,21,24). The van der Waals surface area contributed by atoms with Gasteiger partial charge >= 0.3 is 5.97 Å². The minimum Gasteiger partial charge on any atom is -0.465 e. The number of carbonyl (C=O) groups excluding carboxylic acids is 3. The van der Waals surface area contributed by atoms with E-state index in [1.165, 1.54) is 7.11 Å². The van der Waals surface area contributed by atoms with Gasteiger partial charge < -0.3 is 15.0 Å². The highest BCUT2D eigenvalue weighted by Crippen LogP contribution is 2.25. The molecule has 0 spiro atoms. The first-order chi connectivity index (χ1) is 12.6. The minimum absolute atomic E-state index is 0.0450. The van der Waals surface area contributed by atoms with Crippen molar-refractivity contribution in [3.63, 3.8) is 0 Å². The lowest BCUT2D eigenvalue weighted by Crippen LogP contribution is -2.29. The molecule has 1 N–H and O–H groups in total. The first kappa shape index (κ1) is 17.7. The minimum atomic E-state index is -0.398. The summed E-state index contributed by atoms with van der Waals surface area (Å²) in [6.45, 7) is 0.959. The maximum absolute atomic E-state index is 12.6. The number of esters is 1. The Morgan fingerprint density at radius 2 is 1.85 bits per heavy atom. The number of hydrogen-bond acceptors (Lipinski definition) is 4. The average Bonchev–Trinajstić information content (AvgIpc) is 3.11. The summed E-state index contributed by atoms with van der Waals surface area (Å²) in [4.78, 5) is 37.7. The Morgan fingerprint density at radius 1 is 1.12 bits per heavy atom. The van der Waals surface area contributed by atoms with E-state index in [1.807, 2.05) is 6.07 Å². The van der Waals surface area contributed by atoms with Crippen molar-refractivity contribution in [3.8, 4) is 0 Å². The van der Waals surface area contributed by atoms with Crippen molar-refractivity contribution in [1.82, 2.24) is 5.32 Å². The molecule has 0 aliphatic carbocycles. The normalized spacial score (nSPS) is 13.6. The number of nitrogens with zero attached hydrogens (tertiary/aromatic N) is 1. The molecule has 6 heteroatoms. The average molecular weight is 352 g/mol. The van der Waals surface area contributed by atoms with E-state index in [0.29, 0.717) is 36.3 Å². The molecule has 1 heterocycles. The van der Waals surface area contributed by atoms with Crippen LogP contribution in [0.25, 0.3) is 0 Å². The van der Waals surface area contributed by atoms with Crippen molar-refractivity contribution in [2.75, 3.05) is 18.6 Å². The molecule has 0 radical (unpaired) electrons. The van der Waals surface area contributed by atoms with Crippen molar-refractivity contribution >= 4 is 23.5 Å². The molecular formula is C20H20N2O4. The molecule has 1 saturated heterocycles. The number of methoxy groups -OCH3 is 1. The van der Waals surface area contributed by atoms with Gasteiger partial charge in [0, 0.05) is 19.5 Å². The molecule has 1 fully saturated rings. The zero-order valence-corrected chi connectivity index (χ0v) is 14.5. The van der Waals surface area contributed by atoms with Crippen molar-refractivity contribution in [2.24, 2.45) is 0 Å². The number of hydrogen-bond donors (Lipinski definition) is 1. The highest BCUT2D eigenvalue weighted by Gasteiger charge is 2.25. The molecule has 2 amide bonds. The molecule has 0 saturated carbocycles. The van der Waals surface area contributed by atoms with Crippen molar-refractivity contribution in [2.45, 2.75) is 19.4 Å². The molecule has 0 unspecified atom stereocenters. The predicted molar refractivity (Wildman–Crippen MR) is 97.0 cm³/mol. The summed E-state index contributed by atoms with van der Waals surface area (Å²) in [6, 6.07) is 14.0. The van der Waals surface area contributed by atoms with Gasteiger partial charge in [0.2, 0.25) is 5.91 Å². The van der Waals surface area contributed by atoms with Crippen LogP contribution in [0.3, 0.4) is 0 Å². The van der Waals surface area contributed by atoms with Crippen molar-refractivity contribution in [3.05, 3.63) is 65.2 Å². The van der Waals surface area contributed by atoms with E-state index >= 15 is 0 Å². The fraction of sp³-hybridized carbons (Fsp3) is 0.250. The van der Waals surface area contributed by atoms with Gasteiger partial charge in [0.05, 0.1) is 23.9 Å². The van der Waals surface area contributed by atoms with Crippen LogP contribution in [0.4, 0.5) is 5.69 Å². The fourth-order valence-corrected chi connectivity index (χ4v) is 2.96. The number of carbonyl (C=O) groups is 3. The quantitative estimate of drug-likeness (QED) is 0.839. The summed E-state index contributed by atoms with van der Waals surface area (Å²) in [5.74, 6) is -0.592. The van der Waals surface area contributed by atoms with E-state index in [1.54, 1.807) is 47.4 Å². The Balaban J connectivity index is 1.69. The largest absolute Gasteiger partial charge is 0.465 e. The van der Waals surface area contributed by atoms with Gasteiger partial charge in [-0.25, -0.2) is 4.79 Å². The van der Waals surface area contributed by atoms with Crippen LogP contribution in [0, 0.1) is 0 Å². The second kappa shape index (κ2) is 7.82. The highest BCUT2D eigenvalue weighted by molar-refractivity contribution is 6.05. The molecule has 26 heavy (non-hydrogen) atoms. The molecular weight excluding hydrogens is 332 g/mol. The summed E-state index contributed by atoms with van der Waals surface area (Å²) in [7, 11) is 1.33. The number of amides is 2. The summed E-state index contributed by atoms with van der Waals surface area (Å²) in [5.41, 5.74) is 2.45. The summed E-state index contributed by atoms with van der Waals surface area (Å²) >= 11 is 0. The van der Waals surface area contributed by atoms with Crippen LogP contribution in [-0.4, -0.2) is 31.4 Å². The van der Waals surface area contributed by atoms with E-state index in [4.69, 9.17) is 0 Å². The van der Waals surface area contributed by atoms with Crippen LogP contribution in [-0.2, 0) is 16.1 Å². The molecule has 2 aromatic rings. The van der Waals surface area contributed by atoms with Crippen LogP contribution in [0.5, 0.6) is 0 Å². The van der Waals surface area contributed by atoms with E-state index < -0.39 is 5.97 Å². The van der Waals surface area contributed by atoms with Crippen molar-refractivity contribution in [1.29, 1.82) is 0 Å². The maximum atomic E-state index is 12.6. The number of benzene rings is 2. The molecule has 1 aliphatic rings. The van der Waals surface area contributed by atoms with Crippen LogP contribution in [0.15, 0.2) is 48.5 Å². The predicted octanol–water partition coefficient (Wildman–Crippen LogP) is 2.53. The number of para-hydroxylation sites is 1. The zero-order valence-electron chi connectivity index (χ0n) is 14.5. The van der Waals surface area contributed by atoms with E-state index in [0.717, 1.165) is 12.0 Å². The summed E-state index contributed by atoms with van der Waals surface area (Å²) in [5, 5.41) is 2.86. The molecule has 0 aromatic heterocycles. The van der Waals surface area contributed by atoms with Gasteiger partial charge in [0.25, 0.3) is 5.91 Å². The molecule has 3 rings (SSSR count). The molecule has 6 nitrogen and oxygen atoms in total. The number of rotatable bonds is 5. The maximum Gasteiger partial charge on any atom is 0.337 e. The second-order valence-electron chi connectivity index (χ2n) is 6.04. The van der Waals surface area contributed by atoms with Gasteiger partial charge in [-0.3, -0.25) is 9.59 Å². The molecule has 0 atom stereocenters. The Kier molecular flexibility index (Phi) is 5.31. The third-order valence-corrected chi connectivity index (χ3v) is 4.34. The first-order valence-electron chi connectivity index (χ1n) is 8.45. The van der Waals surface area contributed by atoms with Gasteiger partial charge in [-0.1, -0.05) is 24.3 Å². The van der Waals surface area contributed by atoms with Crippen LogP contribution < -0.4 is 10.2 Å². The lowest BCUT2D eigenvalue weighted by atomic mass is 10.1. The summed E-state index contributed by atoms with van der Waals surface area (Å²) < 4.78 is 4.66. The monoisotopic (exact) mass is 352 g/mol. The van der Waals surface area contributed by atoms with E-state index in [-0.39, 0.29) is 11.8 Å².